The van der Waals surface area contributed by atoms with E-state index in [0.717, 1.165) is 28.0 Å². The lowest BCUT2D eigenvalue weighted by Crippen LogP contribution is -1.97. The number of benzene rings is 3. The number of ether oxygens (including phenoxy) is 1. The van der Waals surface area contributed by atoms with E-state index in [4.69, 9.17) is 19.3 Å². The van der Waals surface area contributed by atoms with Crippen molar-refractivity contribution in [2.75, 3.05) is 7.11 Å². The minimum atomic E-state index is 0.375. The topological polar surface area (TPSA) is 78.9 Å². The molecule has 3 aromatic carbocycles. The van der Waals surface area contributed by atoms with Gasteiger partial charge >= 0.3 is 0 Å². The van der Waals surface area contributed by atoms with Crippen molar-refractivity contribution in [3.63, 3.8) is 0 Å². The summed E-state index contributed by atoms with van der Waals surface area (Å²) >= 11 is 0. The molecule has 7 heteroatoms. The smallest absolute Gasteiger partial charge is 0.243 e. The van der Waals surface area contributed by atoms with Crippen molar-refractivity contribution in [2.24, 2.45) is 7.05 Å². The average molecular weight is 462 g/mol. The maximum Gasteiger partial charge on any atom is 0.243 e. The molecule has 0 saturated carbocycles. The zero-order chi connectivity index (χ0) is 24.1. The minimum Gasteiger partial charge on any atom is -0.496 e. The van der Waals surface area contributed by atoms with Gasteiger partial charge in [0, 0.05) is 34.4 Å². The van der Waals surface area contributed by atoms with E-state index in [-0.39, 0.29) is 0 Å². The zero-order valence-corrected chi connectivity index (χ0v) is 19.9. The van der Waals surface area contributed by atoms with E-state index in [1.54, 1.807) is 7.11 Å². The van der Waals surface area contributed by atoms with Gasteiger partial charge in [0.15, 0.2) is 0 Å². The summed E-state index contributed by atoms with van der Waals surface area (Å²) in [6, 6.07) is 19.0. The highest BCUT2D eigenvalue weighted by Crippen LogP contribution is 2.32. The number of hydrogen-bond acceptors (Lipinski definition) is 6. The van der Waals surface area contributed by atoms with Crippen LogP contribution in [-0.4, -0.2) is 32.0 Å². The van der Waals surface area contributed by atoms with Gasteiger partial charge in [-0.3, -0.25) is 0 Å². The van der Waals surface area contributed by atoms with Crippen LogP contribution in [0.3, 0.4) is 0 Å². The lowest BCUT2D eigenvalue weighted by Gasteiger charge is -2.12. The Kier molecular flexibility index (Phi) is 4.84. The van der Waals surface area contributed by atoms with Gasteiger partial charge in [0.2, 0.25) is 11.3 Å². The molecule has 0 aliphatic rings. The number of para-hydroxylation sites is 1. The van der Waals surface area contributed by atoms with E-state index in [0.29, 0.717) is 22.7 Å². The Hall–Kier alpha value is -4.52. The summed E-state index contributed by atoms with van der Waals surface area (Å²) in [5.41, 5.74) is 8.62. The van der Waals surface area contributed by atoms with Crippen molar-refractivity contribution in [1.29, 1.82) is 0 Å². The second-order valence-corrected chi connectivity index (χ2v) is 8.70. The van der Waals surface area contributed by atoms with Crippen molar-refractivity contribution in [2.45, 2.75) is 13.8 Å². The standard InChI is InChI=1S/C28H23N5O2/c1-16-13-19(14-17(2)26(16)34-4)25-22(29-27-28(30-25)32-35-31-27)11-9-18-10-12-24-21(15-18)20-7-5-6-8-23(20)33(24)3/h5-15H,1-4H3/b11-9+. The molecule has 0 spiro atoms. The van der Waals surface area contributed by atoms with Crippen LogP contribution in [0.1, 0.15) is 22.4 Å². The first-order chi connectivity index (χ1) is 17.0. The van der Waals surface area contributed by atoms with Gasteiger partial charge in [-0.15, -0.1) is 0 Å². The van der Waals surface area contributed by atoms with E-state index in [1.165, 1.54) is 21.8 Å². The molecule has 6 rings (SSSR count). The van der Waals surface area contributed by atoms with E-state index in [9.17, 15) is 0 Å². The van der Waals surface area contributed by atoms with Crippen LogP contribution in [0.4, 0.5) is 0 Å². The van der Waals surface area contributed by atoms with Crippen LogP contribution in [0.15, 0.2) is 59.2 Å². The molecule has 0 amide bonds. The van der Waals surface area contributed by atoms with Crippen molar-refractivity contribution in [1.82, 2.24) is 24.8 Å². The summed E-state index contributed by atoms with van der Waals surface area (Å²) in [5.74, 6) is 0.867. The molecule has 0 N–H and O–H groups in total. The molecule has 0 fully saturated rings. The van der Waals surface area contributed by atoms with Gasteiger partial charge in [0.05, 0.1) is 18.5 Å². The molecule has 172 valence electrons. The second-order valence-electron chi connectivity index (χ2n) is 8.70. The Morgan fingerprint density at radius 3 is 2.31 bits per heavy atom. The molecule has 7 nitrogen and oxygen atoms in total. The molecule has 0 saturated heterocycles. The SMILES string of the molecule is COc1c(C)cc(-c2nc3nonc3nc2/C=C/c2ccc3c(c2)c2ccccc2n3C)cc1C. The van der Waals surface area contributed by atoms with Gasteiger partial charge in [0.1, 0.15) is 5.75 Å². The summed E-state index contributed by atoms with van der Waals surface area (Å²) < 4.78 is 12.6. The van der Waals surface area contributed by atoms with Gasteiger partial charge in [0.25, 0.3) is 0 Å². The lowest BCUT2D eigenvalue weighted by molar-refractivity contribution is 0.314. The molecule has 0 bridgehead atoms. The first kappa shape index (κ1) is 21.0. The van der Waals surface area contributed by atoms with E-state index < -0.39 is 0 Å². The van der Waals surface area contributed by atoms with Crippen LogP contribution in [0.5, 0.6) is 5.75 Å². The van der Waals surface area contributed by atoms with E-state index in [2.05, 4.69) is 82.6 Å². The van der Waals surface area contributed by atoms with Gasteiger partial charge in [-0.25, -0.2) is 14.6 Å². The van der Waals surface area contributed by atoms with Gasteiger partial charge < -0.3 is 9.30 Å². The van der Waals surface area contributed by atoms with Crippen molar-refractivity contribution >= 4 is 45.3 Å². The molecule has 0 atom stereocenters. The number of nitrogens with zero attached hydrogens (tertiary/aromatic N) is 5. The molecule has 6 aromatic rings. The molecule has 35 heavy (non-hydrogen) atoms. The molecule has 0 unspecified atom stereocenters. The monoisotopic (exact) mass is 461 g/mol. The fourth-order valence-electron chi connectivity index (χ4n) is 4.85. The summed E-state index contributed by atoms with van der Waals surface area (Å²) in [6.45, 7) is 4.04. The third-order valence-electron chi connectivity index (χ3n) is 6.45. The van der Waals surface area contributed by atoms with Crippen LogP contribution in [0.2, 0.25) is 0 Å². The maximum absolute atomic E-state index is 5.54. The van der Waals surface area contributed by atoms with Crippen molar-refractivity contribution < 1.29 is 9.37 Å². The first-order valence-electron chi connectivity index (χ1n) is 11.3. The van der Waals surface area contributed by atoms with Crippen molar-refractivity contribution in [3.8, 4) is 17.0 Å². The number of fused-ring (bicyclic) bond motifs is 4. The maximum atomic E-state index is 5.54. The molecule has 3 heterocycles. The summed E-state index contributed by atoms with van der Waals surface area (Å²) in [6.07, 6.45) is 4.02. The van der Waals surface area contributed by atoms with Crippen LogP contribution < -0.4 is 4.74 Å². The second kappa shape index (κ2) is 8.06. The third-order valence-corrected chi connectivity index (χ3v) is 6.45. The highest BCUT2D eigenvalue weighted by atomic mass is 16.6. The first-order valence-corrected chi connectivity index (χ1v) is 11.3. The molecular formula is C28H23N5O2. The van der Waals surface area contributed by atoms with Crippen molar-refractivity contribution in [3.05, 3.63) is 77.0 Å². The van der Waals surface area contributed by atoms with Crippen LogP contribution in [0, 0.1) is 13.8 Å². The average Bonchev–Trinajstić information content (AvgIpc) is 3.44. The fourth-order valence-corrected chi connectivity index (χ4v) is 4.85. The number of hydrogen-bond donors (Lipinski definition) is 0. The van der Waals surface area contributed by atoms with Crippen LogP contribution in [-0.2, 0) is 7.05 Å². The molecule has 3 aromatic heterocycles. The summed E-state index contributed by atoms with van der Waals surface area (Å²) in [5, 5.41) is 10.2. The normalized spacial score (nSPS) is 11.9. The highest BCUT2D eigenvalue weighted by Gasteiger charge is 2.15. The van der Waals surface area contributed by atoms with Gasteiger partial charge in [-0.2, -0.15) is 0 Å². The fraction of sp³-hybridized carbons (Fsp3) is 0.143. The predicted molar refractivity (Wildman–Crippen MR) is 138 cm³/mol. The summed E-state index contributed by atoms with van der Waals surface area (Å²) in [7, 11) is 3.78. The Morgan fingerprint density at radius 1 is 0.829 bits per heavy atom. The Bertz CT molecular complexity index is 1750. The van der Waals surface area contributed by atoms with Crippen LogP contribution >= 0.6 is 0 Å². The number of rotatable bonds is 4. The lowest BCUT2D eigenvalue weighted by atomic mass is 10.0. The Balaban J connectivity index is 1.48. The largest absolute Gasteiger partial charge is 0.496 e. The molecular weight excluding hydrogens is 438 g/mol. The Morgan fingerprint density at radius 2 is 1.54 bits per heavy atom. The number of aromatic nitrogens is 5. The molecule has 0 aliphatic carbocycles. The zero-order valence-electron chi connectivity index (χ0n) is 19.9. The number of aryl methyl sites for hydroxylation is 3. The summed E-state index contributed by atoms with van der Waals surface area (Å²) in [4.78, 5) is 9.42. The van der Waals surface area contributed by atoms with Gasteiger partial charge in [-0.05, 0) is 77.3 Å². The van der Waals surface area contributed by atoms with Crippen LogP contribution in [0.25, 0.3) is 56.5 Å². The quantitative estimate of drug-likeness (QED) is 0.315. The van der Waals surface area contributed by atoms with E-state index in [1.807, 2.05) is 19.9 Å². The predicted octanol–water partition coefficient (Wildman–Crippen LogP) is 6.12. The molecule has 0 radical (unpaired) electrons. The third kappa shape index (κ3) is 3.44. The highest BCUT2D eigenvalue weighted by molar-refractivity contribution is 6.08. The minimum absolute atomic E-state index is 0.375. The van der Waals surface area contributed by atoms with Gasteiger partial charge in [-0.1, -0.05) is 30.3 Å². The van der Waals surface area contributed by atoms with E-state index >= 15 is 0 Å². The Labute approximate surface area is 201 Å². The molecule has 0 aliphatic heterocycles. The number of methoxy groups -OCH3 is 1.